The monoisotopic (exact) mass is 468 g/mol. The van der Waals surface area contributed by atoms with Gasteiger partial charge in [0.2, 0.25) is 10.0 Å². The topological polar surface area (TPSA) is 111 Å². The van der Waals surface area contributed by atoms with Crippen LogP contribution < -0.4 is 14.8 Å². The standard InChI is InChI=1S/C24H24N2O6S/c1-25-33(29,30)20-14-11-18(12-15-20)13-16-24(28)31-17-23(27)26-21-9-5-6-10-22(21)32-19-7-3-2-4-8-19/h2-12,14-15,25H,13,16-17H2,1H3,(H,26,27). The Balaban J connectivity index is 1.47. The highest BCUT2D eigenvalue weighted by molar-refractivity contribution is 7.89. The van der Waals surface area contributed by atoms with Crippen molar-refractivity contribution in [2.24, 2.45) is 0 Å². The first-order chi connectivity index (χ1) is 15.9. The van der Waals surface area contributed by atoms with E-state index in [0.717, 1.165) is 5.56 Å². The number of amides is 1. The number of hydrogen-bond donors (Lipinski definition) is 2. The van der Waals surface area contributed by atoms with Crippen LogP contribution in [0, 0.1) is 0 Å². The first-order valence-electron chi connectivity index (χ1n) is 10.2. The molecule has 0 heterocycles. The van der Waals surface area contributed by atoms with Gasteiger partial charge in [-0.3, -0.25) is 9.59 Å². The van der Waals surface area contributed by atoms with E-state index < -0.39 is 28.5 Å². The highest BCUT2D eigenvalue weighted by Gasteiger charge is 2.13. The summed E-state index contributed by atoms with van der Waals surface area (Å²) in [5.41, 5.74) is 1.23. The summed E-state index contributed by atoms with van der Waals surface area (Å²) in [6.07, 6.45) is 0.410. The Labute approximate surface area is 192 Å². The molecule has 0 aromatic heterocycles. The van der Waals surface area contributed by atoms with Crippen molar-refractivity contribution in [1.82, 2.24) is 4.72 Å². The van der Waals surface area contributed by atoms with Crippen LogP contribution >= 0.6 is 0 Å². The number of nitrogens with one attached hydrogen (secondary N) is 2. The normalized spacial score (nSPS) is 10.9. The maximum absolute atomic E-state index is 12.2. The fourth-order valence-corrected chi connectivity index (χ4v) is 3.61. The molecule has 3 aromatic rings. The van der Waals surface area contributed by atoms with Gasteiger partial charge < -0.3 is 14.8 Å². The van der Waals surface area contributed by atoms with E-state index in [4.69, 9.17) is 9.47 Å². The SMILES string of the molecule is CNS(=O)(=O)c1ccc(CCC(=O)OCC(=O)Nc2ccccc2Oc2ccccc2)cc1. The number of benzene rings is 3. The van der Waals surface area contributed by atoms with Gasteiger partial charge in [0.05, 0.1) is 10.6 Å². The summed E-state index contributed by atoms with van der Waals surface area (Å²) in [5.74, 6) is 0.0642. The molecule has 33 heavy (non-hydrogen) atoms. The molecule has 3 rings (SSSR count). The van der Waals surface area contributed by atoms with Gasteiger partial charge in [-0.25, -0.2) is 13.1 Å². The van der Waals surface area contributed by atoms with E-state index in [1.165, 1.54) is 19.2 Å². The maximum Gasteiger partial charge on any atom is 0.306 e. The van der Waals surface area contributed by atoms with Crippen molar-refractivity contribution in [1.29, 1.82) is 0 Å². The molecule has 0 fully saturated rings. The average molecular weight is 469 g/mol. The van der Waals surface area contributed by atoms with Crippen LogP contribution in [0.5, 0.6) is 11.5 Å². The molecule has 0 saturated heterocycles. The third-order valence-corrected chi connectivity index (χ3v) is 6.05. The van der Waals surface area contributed by atoms with Crippen molar-refractivity contribution < 1.29 is 27.5 Å². The molecular weight excluding hydrogens is 444 g/mol. The summed E-state index contributed by atoms with van der Waals surface area (Å²) < 4.78 is 36.6. The molecule has 0 spiro atoms. The molecule has 0 atom stereocenters. The summed E-state index contributed by atoms with van der Waals surface area (Å²) in [6, 6.07) is 22.3. The molecular formula is C24H24N2O6S. The fraction of sp³-hybridized carbons (Fsp3) is 0.167. The Morgan fingerprint density at radius 3 is 2.24 bits per heavy atom. The van der Waals surface area contributed by atoms with Crippen molar-refractivity contribution in [2.45, 2.75) is 17.7 Å². The van der Waals surface area contributed by atoms with Crippen LogP contribution in [0.25, 0.3) is 0 Å². The molecule has 1 amide bonds. The Kier molecular flexibility index (Phi) is 8.17. The zero-order valence-corrected chi connectivity index (χ0v) is 18.8. The zero-order valence-electron chi connectivity index (χ0n) is 18.0. The van der Waals surface area contributed by atoms with Gasteiger partial charge in [-0.05, 0) is 55.4 Å². The van der Waals surface area contributed by atoms with E-state index in [2.05, 4.69) is 10.0 Å². The number of esters is 1. The minimum Gasteiger partial charge on any atom is -0.456 e. The lowest BCUT2D eigenvalue weighted by Crippen LogP contribution is -2.21. The first kappa shape index (κ1) is 24.0. The van der Waals surface area contributed by atoms with Crippen LogP contribution in [-0.2, 0) is 30.8 Å². The van der Waals surface area contributed by atoms with Crippen molar-refractivity contribution in [3.63, 3.8) is 0 Å². The molecule has 0 saturated carbocycles. The number of sulfonamides is 1. The first-order valence-corrected chi connectivity index (χ1v) is 11.7. The third kappa shape index (κ3) is 7.16. The minimum absolute atomic E-state index is 0.0547. The molecule has 9 heteroatoms. The Bertz CT molecular complexity index is 1200. The van der Waals surface area contributed by atoms with E-state index in [1.54, 1.807) is 48.5 Å². The summed E-state index contributed by atoms with van der Waals surface area (Å²) in [5, 5.41) is 2.68. The van der Waals surface area contributed by atoms with Crippen LogP contribution in [0.3, 0.4) is 0 Å². The van der Waals surface area contributed by atoms with Crippen molar-refractivity contribution in [3.05, 3.63) is 84.4 Å². The maximum atomic E-state index is 12.2. The van der Waals surface area contributed by atoms with E-state index in [-0.39, 0.29) is 11.3 Å². The molecule has 3 aromatic carbocycles. The highest BCUT2D eigenvalue weighted by Crippen LogP contribution is 2.29. The second kappa shape index (κ2) is 11.3. The van der Waals surface area contributed by atoms with Crippen LogP contribution in [0.4, 0.5) is 5.69 Å². The van der Waals surface area contributed by atoms with Gasteiger partial charge in [-0.15, -0.1) is 0 Å². The molecule has 0 radical (unpaired) electrons. The summed E-state index contributed by atoms with van der Waals surface area (Å²) in [4.78, 5) is 24.4. The number of rotatable bonds is 10. The lowest BCUT2D eigenvalue weighted by atomic mass is 10.1. The number of para-hydroxylation sites is 3. The number of anilines is 1. The van der Waals surface area contributed by atoms with Gasteiger partial charge >= 0.3 is 5.97 Å². The fourth-order valence-electron chi connectivity index (χ4n) is 2.88. The molecule has 2 N–H and O–H groups in total. The molecule has 8 nitrogen and oxygen atoms in total. The number of carbonyl (C=O) groups excluding carboxylic acids is 2. The van der Waals surface area contributed by atoms with Crippen molar-refractivity contribution >= 4 is 27.6 Å². The van der Waals surface area contributed by atoms with E-state index in [1.807, 2.05) is 18.2 Å². The molecule has 0 aliphatic rings. The largest absolute Gasteiger partial charge is 0.456 e. The molecule has 0 aliphatic carbocycles. The van der Waals surface area contributed by atoms with Gasteiger partial charge in [-0.1, -0.05) is 42.5 Å². The Morgan fingerprint density at radius 2 is 1.55 bits per heavy atom. The van der Waals surface area contributed by atoms with E-state index in [9.17, 15) is 18.0 Å². The van der Waals surface area contributed by atoms with Crippen LogP contribution in [0.1, 0.15) is 12.0 Å². The molecule has 0 unspecified atom stereocenters. The predicted molar refractivity (Wildman–Crippen MR) is 124 cm³/mol. The van der Waals surface area contributed by atoms with Gasteiger partial charge in [0.15, 0.2) is 12.4 Å². The second-order valence-electron chi connectivity index (χ2n) is 6.97. The Hall–Kier alpha value is -3.69. The van der Waals surface area contributed by atoms with Crippen LogP contribution in [0.15, 0.2) is 83.8 Å². The zero-order chi connectivity index (χ0) is 23.7. The predicted octanol–water partition coefficient (Wildman–Crippen LogP) is 3.50. The van der Waals surface area contributed by atoms with Gasteiger partial charge in [-0.2, -0.15) is 0 Å². The average Bonchev–Trinajstić information content (AvgIpc) is 2.83. The smallest absolute Gasteiger partial charge is 0.306 e. The number of ether oxygens (including phenoxy) is 2. The molecule has 172 valence electrons. The number of hydrogen-bond acceptors (Lipinski definition) is 6. The van der Waals surface area contributed by atoms with Crippen LogP contribution in [0.2, 0.25) is 0 Å². The van der Waals surface area contributed by atoms with E-state index >= 15 is 0 Å². The highest BCUT2D eigenvalue weighted by atomic mass is 32.2. The summed E-state index contributed by atoms with van der Waals surface area (Å²) >= 11 is 0. The lowest BCUT2D eigenvalue weighted by molar-refractivity contribution is -0.147. The molecule has 0 aliphatic heterocycles. The quantitative estimate of drug-likeness (QED) is 0.441. The Morgan fingerprint density at radius 1 is 0.879 bits per heavy atom. The number of carbonyl (C=O) groups is 2. The van der Waals surface area contributed by atoms with E-state index in [0.29, 0.717) is 23.6 Å². The van der Waals surface area contributed by atoms with Gasteiger partial charge in [0, 0.05) is 6.42 Å². The minimum atomic E-state index is -3.51. The van der Waals surface area contributed by atoms with Gasteiger partial charge in [0.25, 0.3) is 5.91 Å². The number of aryl methyl sites for hydroxylation is 1. The lowest BCUT2D eigenvalue weighted by Gasteiger charge is -2.12. The van der Waals surface area contributed by atoms with Crippen LogP contribution in [-0.4, -0.2) is 33.9 Å². The molecule has 0 bridgehead atoms. The van der Waals surface area contributed by atoms with Crippen molar-refractivity contribution in [2.75, 3.05) is 19.0 Å². The van der Waals surface area contributed by atoms with Gasteiger partial charge in [0.1, 0.15) is 5.75 Å². The second-order valence-corrected chi connectivity index (χ2v) is 8.86. The summed E-state index contributed by atoms with van der Waals surface area (Å²) in [7, 11) is -2.17. The third-order valence-electron chi connectivity index (χ3n) is 4.62. The van der Waals surface area contributed by atoms with Crippen molar-refractivity contribution in [3.8, 4) is 11.5 Å². The summed E-state index contributed by atoms with van der Waals surface area (Å²) in [6.45, 7) is -0.433.